The van der Waals surface area contributed by atoms with Crippen molar-refractivity contribution in [3.05, 3.63) is 0 Å². The van der Waals surface area contributed by atoms with Gasteiger partial charge < -0.3 is 15.4 Å². The molecule has 1 aliphatic rings. The summed E-state index contributed by atoms with van der Waals surface area (Å²) >= 11 is 0. The van der Waals surface area contributed by atoms with E-state index >= 15 is 0 Å². The van der Waals surface area contributed by atoms with Crippen molar-refractivity contribution in [1.29, 1.82) is 0 Å². The number of hydrogen-bond acceptors (Lipinski definition) is 4. The van der Waals surface area contributed by atoms with Crippen molar-refractivity contribution in [3.63, 3.8) is 0 Å². The smallest absolute Gasteiger partial charge is 0.191 e. The topological polar surface area (TPSA) is 79.8 Å². The van der Waals surface area contributed by atoms with Crippen molar-refractivity contribution in [2.45, 2.75) is 83.8 Å². The minimum Gasteiger partial charge on any atom is -0.378 e. The van der Waals surface area contributed by atoms with Crippen LogP contribution in [0.3, 0.4) is 0 Å². The van der Waals surface area contributed by atoms with Crippen molar-refractivity contribution < 1.29 is 13.2 Å². The number of nitrogens with zero attached hydrogens (tertiary/aromatic N) is 1. The highest BCUT2D eigenvalue weighted by Gasteiger charge is 2.12. The van der Waals surface area contributed by atoms with E-state index in [4.69, 9.17) is 4.74 Å². The van der Waals surface area contributed by atoms with Crippen molar-refractivity contribution in [2.24, 2.45) is 4.99 Å². The van der Waals surface area contributed by atoms with Gasteiger partial charge in [-0.2, -0.15) is 0 Å². The van der Waals surface area contributed by atoms with Gasteiger partial charge in [0, 0.05) is 32.0 Å². The normalized spacial score (nSPS) is 18.3. The molecule has 0 bridgehead atoms. The first kappa shape index (κ1) is 23.2. The van der Waals surface area contributed by atoms with E-state index in [1.54, 1.807) is 0 Å². The zero-order valence-corrected chi connectivity index (χ0v) is 17.7. The standard InChI is InChI=1S/C19H39N3O3S/c1-4-20-19(22-17(2)13-16-26(3,23)24)21-14-9-10-15-25-18-11-7-5-6-8-12-18/h17-18H,4-16H2,1-3H3,(H2,20,21,22). The lowest BCUT2D eigenvalue weighted by Crippen LogP contribution is -2.42. The molecule has 0 aliphatic heterocycles. The average molecular weight is 390 g/mol. The fourth-order valence-corrected chi connectivity index (χ4v) is 3.86. The van der Waals surface area contributed by atoms with Gasteiger partial charge in [-0.1, -0.05) is 25.7 Å². The second-order valence-corrected chi connectivity index (χ2v) is 9.68. The number of sulfone groups is 1. The van der Waals surface area contributed by atoms with E-state index in [0.29, 0.717) is 12.5 Å². The quantitative estimate of drug-likeness (QED) is 0.246. The van der Waals surface area contributed by atoms with Gasteiger partial charge in [-0.3, -0.25) is 4.99 Å². The summed E-state index contributed by atoms with van der Waals surface area (Å²) in [5, 5.41) is 6.50. The molecule has 0 spiro atoms. The Morgan fingerprint density at radius 3 is 2.50 bits per heavy atom. The lowest BCUT2D eigenvalue weighted by atomic mass is 10.1. The average Bonchev–Trinajstić information content (AvgIpc) is 2.84. The van der Waals surface area contributed by atoms with Gasteiger partial charge in [0.2, 0.25) is 0 Å². The Hall–Kier alpha value is -0.820. The largest absolute Gasteiger partial charge is 0.378 e. The van der Waals surface area contributed by atoms with E-state index in [0.717, 1.165) is 38.5 Å². The SMILES string of the molecule is CCNC(=NCCCCOC1CCCCCC1)NC(C)CCS(C)(=O)=O. The van der Waals surface area contributed by atoms with Gasteiger partial charge in [-0.15, -0.1) is 0 Å². The lowest BCUT2D eigenvalue weighted by molar-refractivity contribution is 0.0413. The molecule has 0 amide bonds. The van der Waals surface area contributed by atoms with Crippen molar-refractivity contribution >= 4 is 15.8 Å². The molecule has 6 nitrogen and oxygen atoms in total. The molecule has 0 radical (unpaired) electrons. The maximum Gasteiger partial charge on any atom is 0.191 e. The molecule has 0 saturated heterocycles. The van der Waals surface area contributed by atoms with Gasteiger partial charge in [0.25, 0.3) is 0 Å². The van der Waals surface area contributed by atoms with Crippen molar-refractivity contribution in [2.75, 3.05) is 31.7 Å². The summed E-state index contributed by atoms with van der Waals surface area (Å²) in [7, 11) is -2.92. The summed E-state index contributed by atoms with van der Waals surface area (Å²) in [6, 6.07) is 0.0705. The molecule has 2 N–H and O–H groups in total. The van der Waals surface area contributed by atoms with Crippen molar-refractivity contribution in [1.82, 2.24) is 10.6 Å². The van der Waals surface area contributed by atoms with E-state index in [-0.39, 0.29) is 11.8 Å². The van der Waals surface area contributed by atoms with Crippen LogP contribution in [0.2, 0.25) is 0 Å². The first-order chi connectivity index (χ1) is 12.4. The Balaban J connectivity index is 2.21. The van der Waals surface area contributed by atoms with E-state index < -0.39 is 9.84 Å². The Morgan fingerprint density at radius 1 is 1.19 bits per heavy atom. The number of guanidine groups is 1. The van der Waals surface area contributed by atoms with Crippen LogP contribution in [-0.4, -0.2) is 58.2 Å². The van der Waals surface area contributed by atoms with Gasteiger partial charge in [0.15, 0.2) is 5.96 Å². The van der Waals surface area contributed by atoms with E-state index in [1.165, 1.54) is 44.8 Å². The molecule has 1 rings (SSSR count). The molecule has 7 heteroatoms. The van der Waals surface area contributed by atoms with E-state index in [9.17, 15) is 8.42 Å². The summed E-state index contributed by atoms with van der Waals surface area (Å²) < 4.78 is 28.5. The molecule has 0 heterocycles. The Morgan fingerprint density at radius 2 is 1.88 bits per heavy atom. The number of nitrogens with one attached hydrogen (secondary N) is 2. The molecular weight excluding hydrogens is 350 g/mol. The maximum absolute atomic E-state index is 11.3. The zero-order chi connectivity index (χ0) is 19.3. The molecular formula is C19H39N3O3S. The number of hydrogen-bond donors (Lipinski definition) is 2. The predicted molar refractivity (Wildman–Crippen MR) is 110 cm³/mol. The number of rotatable bonds is 11. The predicted octanol–water partition coefficient (Wildman–Crippen LogP) is 2.88. The van der Waals surface area contributed by atoms with Gasteiger partial charge in [-0.05, 0) is 46.0 Å². The molecule has 0 aromatic rings. The summed E-state index contributed by atoms with van der Waals surface area (Å²) in [4.78, 5) is 4.59. The fraction of sp³-hybridized carbons (Fsp3) is 0.947. The van der Waals surface area contributed by atoms with Crippen molar-refractivity contribution in [3.8, 4) is 0 Å². The second-order valence-electron chi connectivity index (χ2n) is 7.42. The highest BCUT2D eigenvalue weighted by Crippen LogP contribution is 2.19. The molecule has 1 fully saturated rings. The number of ether oxygens (including phenoxy) is 1. The summed E-state index contributed by atoms with van der Waals surface area (Å²) in [5.41, 5.74) is 0. The monoisotopic (exact) mass is 389 g/mol. The molecule has 1 aliphatic carbocycles. The second kappa shape index (κ2) is 13.4. The van der Waals surface area contributed by atoms with Crippen LogP contribution in [0.5, 0.6) is 0 Å². The summed E-state index contributed by atoms with van der Waals surface area (Å²) in [5.74, 6) is 0.956. The van der Waals surface area contributed by atoms with Crippen LogP contribution >= 0.6 is 0 Å². The van der Waals surface area contributed by atoms with Crippen LogP contribution < -0.4 is 10.6 Å². The van der Waals surface area contributed by atoms with Crippen LogP contribution in [0.25, 0.3) is 0 Å². The fourth-order valence-electron chi connectivity index (χ4n) is 3.08. The Bertz CT molecular complexity index is 486. The van der Waals surface area contributed by atoms with E-state index in [1.807, 2.05) is 13.8 Å². The third kappa shape index (κ3) is 12.5. The summed E-state index contributed by atoms with van der Waals surface area (Å²) in [6.45, 7) is 6.38. The van der Waals surface area contributed by atoms with Crippen LogP contribution in [0.1, 0.15) is 71.6 Å². The first-order valence-electron chi connectivity index (χ1n) is 10.2. The van der Waals surface area contributed by atoms with E-state index in [2.05, 4.69) is 15.6 Å². The third-order valence-corrected chi connectivity index (χ3v) is 5.60. The van der Waals surface area contributed by atoms with Gasteiger partial charge in [-0.25, -0.2) is 8.42 Å². The van der Waals surface area contributed by atoms with Crippen LogP contribution in [0.4, 0.5) is 0 Å². The Labute approximate surface area is 160 Å². The number of aliphatic imine (C=N–C) groups is 1. The zero-order valence-electron chi connectivity index (χ0n) is 16.9. The summed E-state index contributed by atoms with van der Waals surface area (Å²) in [6.07, 6.45) is 12.1. The molecule has 1 atom stereocenters. The minimum absolute atomic E-state index is 0.0705. The van der Waals surface area contributed by atoms with Gasteiger partial charge in [0.1, 0.15) is 9.84 Å². The molecule has 154 valence electrons. The van der Waals surface area contributed by atoms with Crippen LogP contribution in [0, 0.1) is 0 Å². The lowest BCUT2D eigenvalue weighted by Gasteiger charge is -2.17. The molecule has 26 heavy (non-hydrogen) atoms. The highest BCUT2D eigenvalue weighted by atomic mass is 32.2. The molecule has 1 saturated carbocycles. The van der Waals surface area contributed by atoms with Gasteiger partial charge in [0.05, 0.1) is 11.9 Å². The highest BCUT2D eigenvalue weighted by molar-refractivity contribution is 7.90. The maximum atomic E-state index is 11.3. The molecule has 0 aromatic heterocycles. The van der Waals surface area contributed by atoms with Crippen LogP contribution in [-0.2, 0) is 14.6 Å². The molecule has 1 unspecified atom stereocenters. The van der Waals surface area contributed by atoms with Crippen LogP contribution in [0.15, 0.2) is 4.99 Å². The number of unbranched alkanes of at least 4 members (excludes halogenated alkanes) is 1. The molecule has 0 aromatic carbocycles. The third-order valence-electron chi connectivity index (χ3n) is 4.63. The first-order valence-corrected chi connectivity index (χ1v) is 12.3. The Kier molecular flexibility index (Phi) is 11.9. The van der Waals surface area contributed by atoms with Gasteiger partial charge >= 0.3 is 0 Å². The minimum atomic E-state index is -2.92.